The van der Waals surface area contributed by atoms with Crippen LogP contribution in [0.5, 0.6) is 11.5 Å². The van der Waals surface area contributed by atoms with E-state index in [2.05, 4.69) is 10.5 Å². The summed E-state index contributed by atoms with van der Waals surface area (Å²) in [4.78, 5) is 0. The number of anilines is 1. The Morgan fingerprint density at radius 3 is 2.61 bits per heavy atom. The van der Waals surface area contributed by atoms with E-state index in [9.17, 15) is 0 Å². The molecule has 0 aliphatic carbocycles. The van der Waals surface area contributed by atoms with Crippen LogP contribution in [0.25, 0.3) is 0 Å². The van der Waals surface area contributed by atoms with Crippen LogP contribution in [-0.4, -0.2) is 19.4 Å². The number of nitrogens with zero attached hydrogens (tertiary/aromatic N) is 1. The molecular formula is C18H21ClN2O2. The van der Waals surface area contributed by atoms with Crippen molar-refractivity contribution in [2.45, 2.75) is 20.3 Å². The minimum Gasteiger partial charge on any atom is -0.490 e. The first-order valence-electron chi connectivity index (χ1n) is 7.67. The van der Waals surface area contributed by atoms with Crippen molar-refractivity contribution in [2.75, 3.05) is 18.6 Å². The molecule has 1 N–H and O–H groups in total. The molecule has 0 amide bonds. The lowest BCUT2D eigenvalue weighted by molar-refractivity contribution is 0.277. The van der Waals surface area contributed by atoms with Crippen LogP contribution in [-0.2, 0) is 0 Å². The van der Waals surface area contributed by atoms with Crippen LogP contribution in [0.2, 0.25) is 5.02 Å². The number of hydrogen-bond donors (Lipinski definition) is 1. The monoisotopic (exact) mass is 332 g/mol. The zero-order valence-corrected chi connectivity index (χ0v) is 14.1. The average molecular weight is 333 g/mol. The van der Waals surface area contributed by atoms with Gasteiger partial charge in [0.2, 0.25) is 0 Å². The van der Waals surface area contributed by atoms with E-state index in [1.54, 1.807) is 6.21 Å². The van der Waals surface area contributed by atoms with Gasteiger partial charge in [-0.2, -0.15) is 5.10 Å². The van der Waals surface area contributed by atoms with Gasteiger partial charge in [0.25, 0.3) is 0 Å². The summed E-state index contributed by atoms with van der Waals surface area (Å²) in [5.74, 6) is 1.22. The summed E-state index contributed by atoms with van der Waals surface area (Å²) in [6, 6.07) is 13.4. The van der Waals surface area contributed by atoms with E-state index in [0.717, 1.165) is 17.7 Å². The summed E-state index contributed by atoms with van der Waals surface area (Å²) in [6.07, 6.45) is 2.61. The second-order valence-electron chi connectivity index (χ2n) is 4.85. The zero-order chi connectivity index (χ0) is 16.5. The lowest BCUT2D eigenvalue weighted by atomic mass is 10.2. The highest BCUT2D eigenvalue weighted by Crippen LogP contribution is 2.36. The second-order valence-corrected chi connectivity index (χ2v) is 5.25. The van der Waals surface area contributed by atoms with E-state index in [-0.39, 0.29) is 0 Å². The van der Waals surface area contributed by atoms with Gasteiger partial charge < -0.3 is 9.47 Å². The molecule has 0 unspecified atom stereocenters. The van der Waals surface area contributed by atoms with E-state index < -0.39 is 0 Å². The molecule has 2 rings (SSSR count). The molecule has 0 fully saturated rings. The highest BCUT2D eigenvalue weighted by molar-refractivity contribution is 6.32. The topological polar surface area (TPSA) is 42.8 Å². The molecular weight excluding hydrogens is 312 g/mol. The fraction of sp³-hybridized carbons (Fsp3) is 0.278. The van der Waals surface area contributed by atoms with Gasteiger partial charge in [0.05, 0.1) is 30.1 Å². The Bertz CT molecular complexity index is 645. The smallest absolute Gasteiger partial charge is 0.179 e. The molecule has 0 spiro atoms. The van der Waals surface area contributed by atoms with Gasteiger partial charge in [-0.3, -0.25) is 5.43 Å². The number of hydrazone groups is 1. The Morgan fingerprint density at radius 1 is 1.13 bits per heavy atom. The predicted octanol–water partition coefficient (Wildman–Crippen LogP) is 4.97. The average Bonchev–Trinajstić information content (AvgIpc) is 2.55. The van der Waals surface area contributed by atoms with Crippen LogP contribution >= 0.6 is 11.6 Å². The van der Waals surface area contributed by atoms with Gasteiger partial charge in [0.15, 0.2) is 11.5 Å². The highest BCUT2D eigenvalue weighted by atomic mass is 35.5. The number of hydrogen-bond acceptors (Lipinski definition) is 4. The van der Waals surface area contributed by atoms with Crippen molar-refractivity contribution in [3.63, 3.8) is 0 Å². The van der Waals surface area contributed by atoms with Gasteiger partial charge >= 0.3 is 0 Å². The summed E-state index contributed by atoms with van der Waals surface area (Å²) >= 11 is 6.31. The molecule has 2 aromatic rings. The normalized spacial score (nSPS) is 10.7. The van der Waals surface area contributed by atoms with Gasteiger partial charge in [0.1, 0.15) is 0 Å². The number of ether oxygens (including phenoxy) is 2. The first-order valence-corrected chi connectivity index (χ1v) is 8.05. The summed E-state index contributed by atoms with van der Waals surface area (Å²) in [5, 5.41) is 4.74. The minimum atomic E-state index is 0.519. The number of benzene rings is 2. The number of para-hydroxylation sites is 1. The van der Waals surface area contributed by atoms with Crippen molar-refractivity contribution >= 4 is 23.5 Å². The Morgan fingerprint density at radius 2 is 1.91 bits per heavy atom. The van der Waals surface area contributed by atoms with Crippen LogP contribution in [0.3, 0.4) is 0 Å². The van der Waals surface area contributed by atoms with Gasteiger partial charge in [-0.15, -0.1) is 0 Å². The lowest BCUT2D eigenvalue weighted by Gasteiger charge is -2.13. The third-order valence-electron chi connectivity index (χ3n) is 2.96. The van der Waals surface area contributed by atoms with Gasteiger partial charge in [-0.1, -0.05) is 36.7 Å². The van der Waals surface area contributed by atoms with Crippen molar-refractivity contribution < 1.29 is 9.47 Å². The van der Waals surface area contributed by atoms with Crippen molar-refractivity contribution in [3.8, 4) is 11.5 Å². The number of halogens is 1. The third-order valence-corrected chi connectivity index (χ3v) is 3.24. The SMILES string of the molecule is CCCOc1c(Cl)cc(/C=N/Nc2ccccc2)cc1OCC. The largest absolute Gasteiger partial charge is 0.490 e. The third kappa shape index (κ3) is 5.18. The molecule has 5 heteroatoms. The molecule has 0 radical (unpaired) electrons. The van der Waals surface area contributed by atoms with Crippen molar-refractivity contribution in [1.82, 2.24) is 0 Å². The fourth-order valence-corrected chi connectivity index (χ4v) is 2.24. The molecule has 0 saturated heterocycles. The Kier molecular flexibility index (Phi) is 6.76. The van der Waals surface area contributed by atoms with E-state index >= 15 is 0 Å². The van der Waals surface area contributed by atoms with E-state index in [4.69, 9.17) is 21.1 Å². The van der Waals surface area contributed by atoms with Crippen molar-refractivity contribution in [3.05, 3.63) is 53.1 Å². The maximum atomic E-state index is 6.31. The van der Waals surface area contributed by atoms with E-state index in [1.165, 1.54) is 0 Å². The van der Waals surface area contributed by atoms with Gasteiger partial charge in [0, 0.05) is 0 Å². The fourth-order valence-electron chi connectivity index (χ4n) is 1.96. The van der Waals surface area contributed by atoms with Crippen LogP contribution in [0, 0.1) is 0 Å². The molecule has 2 aromatic carbocycles. The number of rotatable bonds is 8. The summed E-state index contributed by atoms with van der Waals surface area (Å²) < 4.78 is 11.3. The quantitative estimate of drug-likeness (QED) is 0.548. The molecule has 23 heavy (non-hydrogen) atoms. The minimum absolute atomic E-state index is 0.519. The van der Waals surface area contributed by atoms with E-state index in [0.29, 0.717) is 29.7 Å². The lowest BCUT2D eigenvalue weighted by Crippen LogP contribution is -2.02. The zero-order valence-electron chi connectivity index (χ0n) is 13.4. The maximum Gasteiger partial charge on any atom is 0.179 e. The summed E-state index contributed by atoms with van der Waals surface area (Å²) in [5.41, 5.74) is 4.73. The van der Waals surface area contributed by atoms with Gasteiger partial charge in [-0.25, -0.2) is 0 Å². The number of nitrogens with one attached hydrogen (secondary N) is 1. The van der Waals surface area contributed by atoms with E-state index in [1.807, 2.05) is 56.3 Å². The molecule has 0 saturated carbocycles. The standard InChI is InChI=1S/C18H21ClN2O2/c1-3-10-23-18-16(19)11-14(12-17(18)22-4-2)13-20-21-15-8-6-5-7-9-15/h5-9,11-13,21H,3-4,10H2,1-2H3/b20-13+. The van der Waals surface area contributed by atoms with Crippen LogP contribution in [0.15, 0.2) is 47.6 Å². The Labute approximate surface area is 142 Å². The molecule has 0 aliphatic heterocycles. The van der Waals surface area contributed by atoms with Crippen molar-refractivity contribution in [1.29, 1.82) is 0 Å². The Hall–Kier alpha value is -2.20. The molecule has 0 bridgehead atoms. The molecule has 0 aromatic heterocycles. The van der Waals surface area contributed by atoms with Crippen LogP contribution in [0.4, 0.5) is 5.69 Å². The summed E-state index contributed by atoms with van der Waals surface area (Å²) in [6.45, 7) is 5.12. The Balaban J connectivity index is 2.15. The molecule has 0 atom stereocenters. The van der Waals surface area contributed by atoms with Crippen LogP contribution in [0.1, 0.15) is 25.8 Å². The first kappa shape index (κ1) is 17.2. The maximum absolute atomic E-state index is 6.31. The predicted molar refractivity (Wildman–Crippen MR) is 96.1 cm³/mol. The first-order chi connectivity index (χ1) is 11.2. The second kappa shape index (κ2) is 9.06. The van der Waals surface area contributed by atoms with Crippen molar-refractivity contribution in [2.24, 2.45) is 5.10 Å². The molecule has 122 valence electrons. The molecule has 4 nitrogen and oxygen atoms in total. The summed E-state index contributed by atoms with van der Waals surface area (Å²) in [7, 11) is 0. The molecule has 0 heterocycles. The molecule has 0 aliphatic rings. The van der Waals surface area contributed by atoms with Crippen LogP contribution < -0.4 is 14.9 Å². The van der Waals surface area contributed by atoms with Gasteiger partial charge in [-0.05, 0) is 43.2 Å². The highest BCUT2D eigenvalue weighted by Gasteiger charge is 2.11.